The second kappa shape index (κ2) is 3.78. The number of hydrogen-bond donors (Lipinski definition) is 2. The lowest BCUT2D eigenvalue weighted by atomic mass is 10.2. The first-order valence-electron chi connectivity index (χ1n) is 4.21. The molecule has 0 saturated carbocycles. The van der Waals surface area contributed by atoms with Gasteiger partial charge in [-0.25, -0.2) is 4.98 Å². The third kappa shape index (κ3) is 1.61. The average Bonchev–Trinajstić information content (AvgIpc) is 2.64. The Labute approximate surface area is 91.2 Å². The van der Waals surface area contributed by atoms with Crippen LogP contribution in [-0.4, -0.2) is 22.3 Å². The topological polar surface area (TPSA) is 76.8 Å². The van der Waals surface area contributed by atoms with Crippen molar-refractivity contribution < 1.29 is 4.74 Å². The number of nitrogen functional groups attached to an aromatic ring is 1. The van der Waals surface area contributed by atoms with Gasteiger partial charge in [0.15, 0.2) is 0 Å². The van der Waals surface area contributed by atoms with Crippen LogP contribution in [0, 0.1) is 0 Å². The molecule has 6 heteroatoms. The smallest absolute Gasteiger partial charge is 0.224 e. The molecule has 2 rings (SSSR count). The Morgan fingerprint density at radius 1 is 1.53 bits per heavy atom. The molecule has 2 aromatic rings. The Hall–Kier alpha value is -1.75. The van der Waals surface area contributed by atoms with Gasteiger partial charge < -0.3 is 10.5 Å². The minimum absolute atomic E-state index is 0.415. The van der Waals surface area contributed by atoms with Crippen molar-refractivity contribution in [2.45, 2.75) is 0 Å². The Balaban J connectivity index is 2.66. The van der Waals surface area contributed by atoms with Crippen molar-refractivity contribution in [1.29, 1.82) is 0 Å². The maximum absolute atomic E-state index is 6.05. The number of H-pyrrole nitrogens is 1. The largest absolute Gasteiger partial charge is 0.480 e. The minimum Gasteiger partial charge on any atom is -0.480 e. The molecule has 0 aromatic carbocycles. The molecule has 0 aliphatic carbocycles. The molecule has 2 heterocycles. The predicted octanol–water partition coefficient (Wildman–Crippen LogP) is 1.72. The summed E-state index contributed by atoms with van der Waals surface area (Å²) in [6.45, 7) is 0. The number of aromatic amines is 1. The van der Waals surface area contributed by atoms with E-state index in [1.165, 1.54) is 13.3 Å². The molecule has 0 unspecified atom stereocenters. The highest BCUT2D eigenvalue weighted by Gasteiger charge is 2.15. The van der Waals surface area contributed by atoms with Gasteiger partial charge in [0.05, 0.1) is 35.3 Å². The molecule has 0 amide bonds. The zero-order valence-corrected chi connectivity index (χ0v) is 8.75. The Morgan fingerprint density at radius 2 is 2.33 bits per heavy atom. The summed E-state index contributed by atoms with van der Waals surface area (Å²) in [5, 5.41) is 7.09. The van der Waals surface area contributed by atoms with Crippen LogP contribution in [0.4, 0.5) is 5.69 Å². The van der Waals surface area contributed by atoms with E-state index in [0.717, 1.165) is 0 Å². The molecule has 0 radical (unpaired) electrons. The zero-order valence-electron chi connectivity index (χ0n) is 7.99. The number of nitrogens with zero attached hydrogens (tertiary/aromatic N) is 2. The maximum atomic E-state index is 6.05. The molecular weight excluding hydrogens is 216 g/mol. The van der Waals surface area contributed by atoms with Crippen molar-refractivity contribution >= 4 is 17.3 Å². The third-order valence-corrected chi connectivity index (χ3v) is 2.29. The summed E-state index contributed by atoms with van der Waals surface area (Å²) in [5.41, 5.74) is 7.47. The van der Waals surface area contributed by atoms with E-state index in [0.29, 0.717) is 27.8 Å². The van der Waals surface area contributed by atoms with Crippen LogP contribution in [0.5, 0.6) is 5.88 Å². The van der Waals surface area contributed by atoms with Crippen molar-refractivity contribution in [1.82, 2.24) is 15.2 Å². The summed E-state index contributed by atoms with van der Waals surface area (Å²) in [5.74, 6) is 0.415. The van der Waals surface area contributed by atoms with Crippen LogP contribution in [-0.2, 0) is 0 Å². The monoisotopic (exact) mass is 224 g/mol. The fourth-order valence-corrected chi connectivity index (χ4v) is 1.53. The summed E-state index contributed by atoms with van der Waals surface area (Å²) < 4.78 is 5.11. The first-order chi connectivity index (χ1) is 7.24. The first-order valence-corrected chi connectivity index (χ1v) is 4.59. The fourth-order valence-electron chi connectivity index (χ4n) is 1.30. The van der Waals surface area contributed by atoms with Crippen LogP contribution in [0.15, 0.2) is 18.5 Å². The van der Waals surface area contributed by atoms with Crippen molar-refractivity contribution in [3.05, 3.63) is 23.5 Å². The third-order valence-electron chi connectivity index (χ3n) is 1.98. The number of rotatable bonds is 2. The number of nitrogens with two attached hydrogens (primary N) is 1. The molecule has 0 spiro atoms. The SMILES string of the molecule is COc1nccc(Cl)c1-c1[nH]ncc1N. The minimum atomic E-state index is 0.415. The highest BCUT2D eigenvalue weighted by molar-refractivity contribution is 6.33. The number of halogens is 1. The Bertz CT molecular complexity index is 483. The summed E-state index contributed by atoms with van der Waals surface area (Å²) in [6, 6.07) is 1.67. The Morgan fingerprint density at radius 3 is 2.93 bits per heavy atom. The molecule has 0 aliphatic heterocycles. The van der Waals surface area contributed by atoms with Gasteiger partial charge in [-0.1, -0.05) is 11.6 Å². The maximum Gasteiger partial charge on any atom is 0.224 e. The predicted molar refractivity (Wildman–Crippen MR) is 57.8 cm³/mol. The number of aromatic nitrogens is 3. The van der Waals surface area contributed by atoms with Gasteiger partial charge in [-0.2, -0.15) is 5.10 Å². The second-order valence-electron chi connectivity index (χ2n) is 2.88. The van der Waals surface area contributed by atoms with Crippen molar-refractivity contribution in [2.24, 2.45) is 0 Å². The number of anilines is 1. The average molecular weight is 225 g/mol. The van der Waals surface area contributed by atoms with Gasteiger partial charge in [-0.3, -0.25) is 5.10 Å². The molecule has 15 heavy (non-hydrogen) atoms. The van der Waals surface area contributed by atoms with Gasteiger partial charge in [-0.15, -0.1) is 0 Å². The summed E-state index contributed by atoms with van der Waals surface area (Å²) in [4.78, 5) is 4.05. The van der Waals surface area contributed by atoms with E-state index in [9.17, 15) is 0 Å². The van der Waals surface area contributed by atoms with Gasteiger partial charge in [0.25, 0.3) is 0 Å². The Kier molecular flexibility index (Phi) is 2.47. The summed E-state index contributed by atoms with van der Waals surface area (Å²) in [7, 11) is 1.52. The number of ether oxygens (including phenoxy) is 1. The van der Waals surface area contributed by atoms with Crippen molar-refractivity contribution in [3.63, 3.8) is 0 Å². The van der Waals surface area contributed by atoms with E-state index in [2.05, 4.69) is 15.2 Å². The van der Waals surface area contributed by atoms with Crippen LogP contribution >= 0.6 is 11.6 Å². The van der Waals surface area contributed by atoms with E-state index in [1.807, 2.05) is 0 Å². The molecule has 5 nitrogen and oxygen atoms in total. The van der Waals surface area contributed by atoms with E-state index in [4.69, 9.17) is 22.1 Å². The van der Waals surface area contributed by atoms with Crippen molar-refractivity contribution in [3.8, 4) is 17.1 Å². The van der Waals surface area contributed by atoms with Crippen LogP contribution < -0.4 is 10.5 Å². The summed E-state index contributed by atoms with van der Waals surface area (Å²) >= 11 is 6.05. The van der Waals surface area contributed by atoms with Gasteiger partial charge in [-0.05, 0) is 6.07 Å². The first kappa shape index (κ1) is 9.79. The quantitative estimate of drug-likeness (QED) is 0.814. The van der Waals surface area contributed by atoms with Crippen LogP contribution in [0.2, 0.25) is 5.02 Å². The van der Waals surface area contributed by atoms with E-state index in [1.54, 1.807) is 12.3 Å². The highest BCUT2D eigenvalue weighted by Crippen LogP contribution is 2.35. The number of methoxy groups -OCH3 is 1. The van der Waals surface area contributed by atoms with Gasteiger partial charge in [0.1, 0.15) is 0 Å². The highest BCUT2D eigenvalue weighted by atomic mass is 35.5. The second-order valence-corrected chi connectivity index (χ2v) is 3.28. The molecule has 0 saturated heterocycles. The van der Waals surface area contributed by atoms with Crippen LogP contribution in [0.25, 0.3) is 11.3 Å². The lowest BCUT2D eigenvalue weighted by molar-refractivity contribution is 0.399. The molecule has 0 bridgehead atoms. The number of pyridine rings is 1. The number of nitrogens with one attached hydrogen (secondary N) is 1. The molecule has 0 fully saturated rings. The molecule has 78 valence electrons. The fraction of sp³-hybridized carbons (Fsp3) is 0.111. The molecule has 0 aliphatic rings. The lowest BCUT2D eigenvalue weighted by Crippen LogP contribution is -1.94. The van der Waals surface area contributed by atoms with Crippen LogP contribution in [0.3, 0.4) is 0 Å². The molecular formula is C9H9ClN4O. The zero-order chi connectivity index (χ0) is 10.8. The van der Waals surface area contributed by atoms with E-state index in [-0.39, 0.29) is 0 Å². The van der Waals surface area contributed by atoms with Gasteiger partial charge in [0.2, 0.25) is 5.88 Å². The van der Waals surface area contributed by atoms with Crippen LogP contribution in [0.1, 0.15) is 0 Å². The van der Waals surface area contributed by atoms with E-state index < -0.39 is 0 Å². The lowest BCUT2D eigenvalue weighted by Gasteiger charge is -2.07. The van der Waals surface area contributed by atoms with Gasteiger partial charge >= 0.3 is 0 Å². The van der Waals surface area contributed by atoms with E-state index >= 15 is 0 Å². The molecule has 2 aromatic heterocycles. The summed E-state index contributed by atoms with van der Waals surface area (Å²) in [6.07, 6.45) is 3.08. The van der Waals surface area contributed by atoms with Crippen molar-refractivity contribution in [2.75, 3.05) is 12.8 Å². The normalized spacial score (nSPS) is 10.3. The standard InChI is InChI=1S/C9H9ClN4O/c1-15-9-7(5(10)2-3-12-9)8-6(11)4-13-14-8/h2-4H,11H2,1H3,(H,13,14). The van der Waals surface area contributed by atoms with Gasteiger partial charge in [0, 0.05) is 6.20 Å². The molecule has 0 atom stereocenters. The molecule has 3 N–H and O–H groups in total. The number of hydrogen-bond acceptors (Lipinski definition) is 4.